The van der Waals surface area contributed by atoms with Crippen LogP contribution in [0.5, 0.6) is 0 Å². The van der Waals surface area contributed by atoms with Gasteiger partial charge in [0.15, 0.2) is 0 Å². The number of alkyl halides is 2. The second-order valence-electron chi connectivity index (χ2n) is 5.13. The van der Waals surface area contributed by atoms with Crippen molar-refractivity contribution < 1.29 is 23.8 Å². The van der Waals surface area contributed by atoms with E-state index in [2.05, 4.69) is 0 Å². The lowest BCUT2D eigenvalue weighted by Gasteiger charge is -2.52. The van der Waals surface area contributed by atoms with Gasteiger partial charge in [-0.3, -0.25) is 4.79 Å². The Morgan fingerprint density at radius 1 is 1.00 bits per heavy atom. The first-order valence-corrected chi connectivity index (χ1v) is 5.65. The van der Waals surface area contributed by atoms with Gasteiger partial charge in [0.2, 0.25) is 5.92 Å². The molecule has 0 aromatic heterocycles. The Hall–Kier alpha value is -0.710. The average Bonchev–Trinajstić information content (AvgIpc) is 2.14. The molecule has 0 atom stereocenters. The van der Waals surface area contributed by atoms with Gasteiger partial charge >= 0.3 is 5.97 Å². The van der Waals surface area contributed by atoms with Crippen molar-refractivity contribution in [3.8, 4) is 0 Å². The van der Waals surface area contributed by atoms with E-state index in [-0.39, 0.29) is 12.8 Å². The molecule has 92 valence electrons. The minimum Gasteiger partial charge on any atom is -0.481 e. The van der Waals surface area contributed by atoms with Crippen LogP contribution >= 0.6 is 0 Å². The van der Waals surface area contributed by atoms with Crippen molar-refractivity contribution in [1.29, 1.82) is 0 Å². The van der Waals surface area contributed by atoms with Gasteiger partial charge in [-0.2, -0.15) is 0 Å². The van der Waals surface area contributed by atoms with Crippen LogP contribution in [0.2, 0.25) is 0 Å². The standard InChI is InChI=1S/C11H16F2O3/c12-11(13)6-4-9(5-7-11,8(14)15)10(16)2-1-3-10/h16H,1-7H2,(H,14,15). The highest BCUT2D eigenvalue weighted by molar-refractivity contribution is 5.77. The Balaban J connectivity index is 2.22. The maximum absolute atomic E-state index is 13.0. The zero-order valence-corrected chi connectivity index (χ0v) is 9.01. The molecular weight excluding hydrogens is 218 g/mol. The fourth-order valence-corrected chi connectivity index (χ4v) is 2.91. The van der Waals surface area contributed by atoms with Crippen molar-refractivity contribution >= 4 is 5.97 Å². The van der Waals surface area contributed by atoms with Crippen LogP contribution in [0.15, 0.2) is 0 Å². The van der Waals surface area contributed by atoms with Crippen LogP contribution in [-0.4, -0.2) is 27.7 Å². The van der Waals surface area contributed by atoms with Gasteiger partial charge in [0.1, 0.15) is 0 Å². The van der Waals surface area contributed by atoms with E-state index >= 15 is 0 Å². The van der Waals surface area contributed by atoms with Gasteiger partial charge in [0.05, 0.1) is 11.0 Å². The molecule has 0 aromatic rings. The highest BCUT2D eigenvalue weighted by Gasteiger charge is 2.61. The Morgan fingerprint density at radius 3 is 1.81 bits per heavy atom. The molecule has 0 saturated heterocycles. The molecule has 0 spiro atoms. The lowest BCUT2D eigenvalue weighted by Crippen LogP contribution is -2.59. The Morgan fingerprint density at radius 2 is 1.50 bits per heavy atom. The molecule has 2 saturated carbocycles. The second kappa shape index (κ2) is 3.39. The van der Waals surface area contributed by atoms with Crippen molar-refractivity contribution in [2.45, 2.75) is 56.5 Å². The number of halogens is 2. The first-order valence-electron chi connectivity index (χ1n) is 5.65. The SMILES string of the molecule is O=C(O)C1(C2(O)CCC2)CCC(F)(F)CC1. The highest BCUT2D eigenvalue weighted by atomic mass is 19.3. The quantitative estimate of drug-likeness (QED) is 0.770. The van der Waals surface area contributed by atoms with Gasteiger partial charge in [0, 0.05) is 12.8 Å². The molecule has 2 aliphatic rings. The number of rotatable bonds is 2. The van der Waals surface area contributed by atoms with Gasteiger partial charge in [-0.1, -0.05) is 0 Å². The third-order valence-electron chi connectivity index (χ3n) is 4.32. The number of carboxylic acids is 1. The van der Waals surface area contributed by atoms with Crippen LogP contribution in [0.4, 0.5) is 8.78 Å². The van der Waals surface area contributed by atoms with Gasteiger partial charge in [-0.05, 0) is 32.1 Å². The molecule has 0 heterocycles. The molecule has 0 aliphatic heterocycles. The van der Waals surface area contributed by atoms with E-state index in [4.69, 9.17) is 0 Å². The first-order chi connectivity index (χ1) is 7.31. The molecule has 2 rings (SSSR count). The van der Waals surface area contributed by atoms with Crippen molar-refractivity contribution in [2.75, 3.05) is 0 Å². The number of carboxylic acid groups (broad SMARTS) is 1. The van der Waals surface area contributed by atoms with Gasteiger partial charge < -0.3 is 10.2 Å². The third-order valence-corrected chi connectivity index (χ3v) is 4.32. The number of hydrogen-bond donors (Lipinski definition) is 2. The monoisotopic (exact) mass is 234 g/mol. The molecule has 0 radical (unpaired) electrons. The van der Waals surface area contributed by atoms with E-state index in [1.165, 1.54) is 0 Å². The van der Waals surface area contributed by atoms with E-state index in [1.54, 1.807) is 0 Å². The summed E-state index contributed by atoms with van der Waals surface area (Å²) < 4.78 is 26.1. The Bertz CT molecular complexity index is 300. The van der Waals surface area contributed by atoms with Crippen molar-refractivity contribution in [1.82, 2.24) is 0 Å². The van der Waals surface area contributed by atoms with E-state index in [9.17, 15) is 23.8 Å². The van der Waals surface area contributed by atoms with Crippen LogP contribution in [0.25, 0.3) is 0 Å². The summed E-state index contributed by atoms with van der Waals surface area (Å²) >= 11 is 0. The van der Waals surface area contributed by atoms with Crippen molar-refractivity contribution in [3.63, 3.8) is 0 Å². The van der Waals surface area contributed by atoms with E-state index in [1.807, 2.05) is 0 Å². The summed E-state index contributed by atoms with van der Waals surface area (Å²) in [6.45, 7) is 0. The minimum atomic E-state index is -2.76. The molecule has 2 fully saturated rings. The summed E-state index contributed by atoms with van der Waals surface area (Å²) in [7, 11) is 0. The van der Waals surface area contributed by atoms with Crippen molar-refractivity contribution in [2.24, 2.45) is 5.41 Å². The summed E-state index contributed by atoms with van der Waals surface area (Å²) in [5.41, 5.74) is -2.59. The van der Waals surface area contributed by atoms with Crippen LogP contribution in [0, 0.1) is 5.41 Å². The van der Waals surface area contributed by atoms with Crippen LogP contribution in [0.1, 0.15) is 44.9 Å². The smallest absolute Gasteiger partial charge is 0.312 e. The molecular formula is C11H16F2O3. The summed E-state index contributed by atoms with van der Waals surface area (Å²) in [4.78, 5) is 11.3. The molecule has 0 aromatic carbocycles. The zero-order chi connectivity index (χ0) is 12.0. The zero-order valence-electron chi connectivity index (χ0n) is 9.01. The molecule has 3 nitrogen and oxygen atoms in total. The van der Waals surface area contributed by atoms with Crippen molar-refractivity contribution in [3.05, 3.63) is 0 Å². The first kappa shape index (κ1) is 11.8. The van der Waals surface area contributed by atoms with Crippen LogP contribution < -0.4 is 0 Å². The number of aliphatic carboxylic acids is 1. The third kappa shape index (κ3) is 1.52. The highest BCUT2D eigenvalue weighted by Crippen LogP contribution is 2.56. The average molecular weight is 234 g/mol. The Labute approximate surface area is 92.5 Å². The molecule has 16 heavy (non-hydrogen) atoms. The minimum absolute atomic E-state index is 0.119. The maximum Gasteiger partial charge on any atom is 0.312 e. The molecule has 0 unspecified atom stereocenters. The summed E-state index contributed by atoms with van der Waals surface area (Å²) in [5, 5.41) is 19.5. The van der Waals surface area contributed by atoms with E-state index in [0.717, 1.165) is 6.42 Å². The van der Waals surface area contributed by atoms with E-state index < -0.39 is 35.7 Å². The fourth-order valence-electron chi connectivity index (χ4n) is 2.91. The van der Waals surface area contributed by atoms with Crippen LogP contribution in [-0.2, 0) is 4.79 Å². The van der Waals surface area contributed by atoms with Gasteiger partial charge in [-0.25, -0.2) is 8.78 Å². The largest absolute Gasteiger partial charge is 0.481 e. The van der Waals surface area contributed by atoms with Gasteiger partial charge in [-0.15, -0.1) is 0 Å². The van der Waals surface area contributed by atoms with Gasteiger partial charge in [0.25, 0.3) is 0 Å². The number of aliphatic hydroxyl groups is 1. The summed E-state index contributed by atoms with van der Waals surface area (Å²) in [6, 6.07) is 0. The number of hydrogen-bond acceptors (Lipinski definition) is 2. The molecule has 0 bridgehead atoms. The predicted octanol–water partition coefficient (Wildman–Crippen LogP) is 2.18. The molecule has 2 aliphatic carbocycles. The summed E-state index contributed by atoms with van der Waals surface area (Å²) in [6.07, 6.45) is 0.526. The number of carbonyl (C=O) groups is 1. The molecule has 2 N–H and O–H groups in total. The van der Waals surface area contributed by atoms with E-state index in [0.29, 0.717) is 12.8 Å². The topological polar surface area (TPSA) is 57.5 Å². The molecule has 5 heteroatoms. The lowest BCUT2D eigenvalue weighted by molar-refractivity contribution is -0.204. The Kier molecular flexibility index (Phi) is 2.49. The molecule has 0 amide bonds. The normalized spacial score (nSPS) is 30.4. The summed E-state index contributed by atoms with van der Waals surface area (Å²) in [5.74, 6) is -3.89. The second-order valence-corrected chi connectivity index (χ2v) is 5.13. The predicted molar refractivity (Wildman–Crippen MR) is 52.3 cm³/mol. The van der Waals surface area contributed by atoms with Crippen LogP contribution in [0.3, 0.4) is 0 Å². The fraction of sp³-hybridized carbons (Fsp3) is 0.909. The lowest BCUT2D eigenvalue weighted by atomic mass is 9.55. The maximum atomic E-state index is 13.0.